The third-order valence-corrected chi connectivity index (χ3v) is 5.47. The molecule has 8 heteroatoms. The van der Waals surface area contributed by atoms with Crippen molar-refractivity contribution in [3.8, 4) is 5.75 Å². The quantitative estimate of drug-likeness (QED) is 0.276. The third kappa shape index (κ3) is 5.43. The molecule has 0 heterocycles. The van der Waals surface area contributed by atoms with E-state index in [0.717, 1.165) is 5.56 Å². The Morgan fingerprint density at radius 2 is 1.66 bits per heavy atom. The second-order valence-corrected chi connectivity index (χ2v) is 8.17. The lowest BCUT2D eigenvalue weighted by molar-refractivity contribution is 0.0735. The van der Waals surface area contributed by atoms with E-state index in [9.17, 15) is 13.2 Å². The molecular weight excluding hydrogens is 412 g/mol. The highest BCUT2D eigenvalue weighted by Gasteiger charge is 2.13. The Balaban J connectivity index is 1.62. The first-order chi connectivity index (χ1) is 13.8. The number of carbonyl (C=O) groups is 1. The molecule has 0 saturated carbocycles. The van der Waals surface area contributed by atoms with Crippen LogP contribution in [0.2, 0.25) is 5.02 Å². The second kappa shape index (κ2) is 8.89. The molecule has 1 N–H and O–H groups in total. The Hall–Kier alpha value is -3.16. The summed E-state index contributed by atoms with van der Waals surface area (Å²) in [5, 5.41) is 4.08. The minimum atomic E-state index is -3.74. The van der Waals surface area contributed by atoms with Gasteiger partial charge in [-0.1, -0.05) is 41.4 Å². The van der Waals surface area contributed by atoms with Gasteiger partial charge in [-0.25, -0.2) is 9.63 Å². The highest BCUT2D eigenvalue weighted by Crippen LogP contribution is 2.19. The maximum absolute atomic E-state index is 12.2. The number of halogens is 1. The van der Waals surface area contributed by atoms with E-state index >= 15 is 0 Å². The number of ether oxygens (including phenoxy) is 1. The average Bonchev–Trinajstić information content (AvgIpc) is 2.70. The van der Waals surface area contributed by atoms with Gasteiger partial charge in [0, 0.05) is 0 Å². The first-order valence-electron chi connectivity index (χ1n) is 8.53. The van der Waals surface area contributed by atoms with Crippen molar-refractivity contribution in [3.63, 3.8) is 0 Å². The SMILES string of the molecule is Cc1ccc(S(=O)(=O)NN=Cc2ccc(OC(=O)c3ccccc3Cl)cc2)cc1. The van der Waals surface area contributed by atoms with Gasteiger partial charge in [0.25, 0.3) is 10.0 Å². The van der Waals surface area contributed by atoms with Crippen molar-refractivity contribution in [2.24, 2.45) is 5.10 Å². The van der Waals surface area contributed by atoms with Gasteiger partial charge in [0.15, 0.2) is 0 Å². The van der Waals surface area contributed by atoms with Gasteiger partial charge in [0.1, 0.15) is 5.75 Å². The first-order valence-corrected chi connectivity index (χ1v) is 10.4. The average molecular weight is 429 g/mol. The largest absolute Gasteiger partial charge is 0.423 e. The van der Waals surface area contributed by atoms with Gasteiger partial charge in [0.2, 0.25) is 0 Å². The van der Waals surface area contributed by atoms with Crippen molar-refractivity contribution in [3.05, 3.63) is 94.5 Å². The number of nitrogens with one attached hydrogen (secondary N) is 1. The number of benzene rings is 3. The van der Waals surface area contributed by atoms with Gasteiger partial charge >= 0.3 is 5.97 Å². The van der Waals surface area contributed by atoms with E-state index in [1.165, 1.54) is 18.3 Å². The van der Waals surface area contributed by atoms with Crippen molar-refractivity contribution < 1.29 is 17.9 Å². The Morgan fingerprint density at radius 3 is 2.31 bits per heavy atom. The first kappa shape index (κ1) is 20.6. The van der Waals surface area contributed by atoms with Crippen LogP contribution in [0.15, 0.2) is 82.8 Å². The van der Waals surface area contributed by atoms with E-state index in [-0.39, 0.29) is 10.5 Å². The standard InChI is InChI=1S/C21H17ClN2O4S/c1-15-6-12-18(13-7-15)29(26,27)24-23-14-16-8-10-17(11-9-16)28-21(25)19-4-2-3-5-20(19)22/h2-14,24H,1H3. The van der Waals surface area contributed by atoms with Gasteiger partial charge in [-0.3, -0.25) is 0 Å². The molecule has 29 heavy (non-hydrogen) atoms. The summed E-state index contributed by atoms with van der Waals surface area (Å²) < 4.78 is 29.6. The van der Waals surface area contributed by atoms with Crippen LogP contribution in [0, 0.1) is 6.92 Å². The van der Waals surface area contributed by atoms with Crippen LogP contribution in [0.1, 0.15) is 21.5 Å². The molecule has 0 amide bonds. The lowest BCUT2D eigenvalue weighted by Crippen LogP contribution is -2.18. The predicted octanol–water partition coefficient (Wildman–Crippen LogP) is 4.18. The van der Waals surface area contributed by atoms with Gasteiger partial charge in [-0.2, -0.15) is 13.5 Å². The van der Waals surface area contributed by atoms with E-state index in [4.69, 9.17) is 16.3 Å². The molecular formula is C21H17ClN2O4S. The fourth-order valence-corrected chi connectivity index (χ4v) is 3.36. The van der Waals surface area contributed by atoms with Crippen molar-refractivity contribution in [2.75, 3.05) is 0 Å². The molecule has 0 spiro atoms. The van der Waals surface area contributed by atoms with Crippen molar-refractivity contribution >= 4 is 33.8 Å². The monoisotopic (exact) mass is 428 g/mol. The number of hydrogen-bond donors (Lipinski definition) is 1. The molecule has 0 bridgehead atoms. The molecule has 3 rings (SSSR count). The number of hydrogen-bond acceptors (Lipinski definition) is 5. The highest BCUT2D eigenvalue weighted by atomic mass is 35.5. The van der Waals surface area contributed by atoms with Gasteiger partial charge in [-0.15, -0.1) is 0 Å². The molecule has 0 saturated heterocycles. The molecule has 0 radical (unpaired) electrons. The van der Waals surface area contributed by atoms with E-state index in [1.54, 1.807) is 60.7 Å². The lowest BCUT2D eigenvalue weighted by atomic mass is 10.2. The van der Waals surface area contributed by atoms with Crippen molar-refractivity contribution in [1.29, 1.82) is 0 Å². The van der Waals surface area contributed by atoms with Gasteiger partial charge < -0.3 is 4.74 Å². The summed E-state index contributed by atoms with van der Waals surface area (Å²) in [7, 11) is -3.74. The smallest absolute Gasteiger partial charge is 0.345 e. The van der Waals surface area contributed by atoms with Crippen LogP contribution in [0.3, 0.4) is 0 Å². The van der Waals surface area contributed by atoms with Gasteiger partial charge in [-0.05, 0) is 61.0 Å². The lowest BCUT2D eigenvalue weighted by Gasteiger charge is -2.06. The van der Waals surface area contributed by atoms with Crippen molar-refractivity contribution in [2.45, 2.75) is 11.8 Å². The van der Waals surface area contributed by atoms with Crippen LogP contribution in [-0.2, 0) is 10.0 Å². The molecule has 0 aromatic heterocycles. The molecule has 6 nitrogen and oxygen atoms in total. The molecule has 0 atom stereocenters. The maximum Gasteiger partial charge on any atom is 0.345 e. The van der Waals surface area contributed by atoms with Crippen LogP contribution in [0.5, 0.6) is 5.75 Å². The zero-order valence-corrected chi connectivity index (χ0v) is 16.9. The van der Waals surface area contributed by atoms with Crippen LogP contribution in [-0.4, -0.2) is 20.6 Å². The number of rotatable bonds is 6. The van der Waals surface area contributed by atoms with E-state index < -0.39 is 16.0 Å². The fourth-order valence-electron chi connectivity index (χ4n) is 2.35. The predicted molar refractivity (Wildman–Crippen MR) is 112 cm³/mol. The normalized spacial score (nSPS) is 11.4. The molecule has 3 aromatic carbocycles. The van der Waals surface area contributed by atoms with Crippen LogP contribution in [0.4, 0.5) is 0 Å². The maximum atomic E-state index is 12.2. The zero-order valence-electron chi connectivity index (χ0n) is 15.4. The molecule has 3 aromatic rings. The zero-order chi connectivity index (χ0) is 20.9. The Morgan fingerprint density at radius 1 is 1.00 bits per heavy atom. The summed E-state index contributed by atoms with van der Waals surface area (Å²) in [4.78, 5) is 14.4. The van der Waals surface area contributed by atoms with Gasteiger partial charge in [0.05, 0.1) is 21.7 Å². The highest BCUT2D eigenvalue weighted by molar-refractivity contribution is 7.89. The topological polar surface area (TPSA) is 84.8 Å². The number of nitrogens with zero attached hydrogens (tertiary/aromatic N) is 1. The minimum absolute atomic E-state index is 0.127. The van der Waals surface area contributed by atoms with E-state index in [0.29, 0.717) is 16.3 Å². The summed E-state index contributed by atoms with van der Waals surface area (Å²) in [5.74, 6) is -0.241. The molecule has 148 valence electrons. The molecule has 0 unspecified atom stereocenters. The Labute approximate surface area is 173 Å². The Bertz CT molecular complexity index is 1140. The number of sulfonamides is 1. The summed E-state index contributed by atoms with van der Waals surface area (Å²) in [5.41, 5.74) is 1.85. The minimum Gasteiger partial charge on any atom is -0.423 e. The Kier molecular flexibility index (Phi) is 6.31. The van der Waals surface area contributed by atoms with Crippen molar-refractivity contribution in [1.82, 2.24) is 4.83 Å². The summed E-state index contributed by atoms with van der Waals surface area (Å²) in [6.07, 6.45) is 1.35. The van der Waals surface area contributed by atoms with Crippen LogP contribution < -0.4 is 9.57 Å². The van der Waals surface area contributed by atoms with Crippen LogP contribution in [0.25, 0.3) is 0 Å². The third-order valence-electron chi connectivity index (χ3n) is 3.90. The molecule has 0 aliphatic carbocycles. The summed E-state index contributed by atoms with van der Waals surface area (Å²) in [6, 6.07) is 19.5. The number of esters is 1. The number of carbonyl (C=O) groups excluding carboxylic acids is 1. The molecule has 0 fully saturated rings. The molecule has 0 aliphatic heterocycles. The van der Waals surface area contributed by atoms with Crippen LogP contribution >= 0.6 is 11.6 Å². The fraction of sp³-hybridized carbons (Fsp3) is 0.0476. The number of hydrazone groups is 1. The van der Waals surface area contributed by atoms with E-state index in [2.05, 4.69) is 9.93 Å². The summed E-state index contributed by atoms with van der Waals surface area (Å²) in [6.45, 7) is 1.87. The van der Waals surface area contributed by atoms with E-state index in [1.807, 2.05) is 6.92 Å². The molecule has 0 aliphatic rings. The second-order valence-electron chi connectivity index (χ2n) is 6.10. The summed E-state index contributed by atoms with van der Waals surface area (Å²) >= 11 is 5.98. The number of aryl methyl sites for hydroxylation is 1.